The fourth-order valence-corrected chi connectivity index (χ4v) is 1.76. The molecule has 0 amide bonds. The second-order valence-corrected chi connectivity index (χ2v) is 3.95. The SMILES string of the molecule is CC(O)c1c(Br)cnn1C(C)C. The molecule has 1 N–H and O–H groups in total. The molecule has 0 aliphatic heterocycles. The minimum atomic E-state index is -0.482. The average molecular weight is 233 g/mol. The Balaban J connectivity index is 3.12. The van der Waals surface area contributed by atoms with Crippen LogP contribution in [-0.4, -0.2) is 14.9 Å². The summed E-state index contributed by atoms with van der Waals surface area (Å²) in [5.74, 6) is 0. The van der Waals surface area contributed by atoms with Gasteiger partial charge in [-0.05, 0) is 36.7 Å². The maximum absolute atomic E-state index is 9.43. The summed E-state index contributed by atoms with van der Waals surface area (Å²) in [5.41, 5.74) is 0.838. The Hall–Kier alpha value is -0.350. The molecule has 0 bridgehead atoms. The Morgan fingerprint density at radius 1 is 1.50 bits per heavy atom. The lowest BCUT2D eigenvalue weighted by Crippen LogP contribution is -2.09. The highest BCUT2D eigenvalue weighted by Gasteiger charge is 2.14. The molecule has 0 aromatic carbocycles. The summed E-state index contributed by atoms with van der Waals surface area (Å²) in [4.78, 5) is 0. The summed E-state index contributed by atoms with van der Waals surface area (Å²) in [6, 6.07) is 0.279. The molecular weight excluding hydrogens is 220 g/mol. The van der Waals surface area contributed by atoms with Gasteiger partial charge in [-0.15, -0.1) is 0 Å². The van der Waals surface area contributed by atoms with Crippen LogP contribution in [-0.2, 0) is 0 Å². The van der Waals surface area contributed by atoms with E-state index < -0.39 is 6.10 Å². The van der Waals surface area contributed by atoms with E-state index >= 15 is 0 Å². The Morgan fingerprint density at radius 3 is 2.42 bits per heavy atom. The van der Waals surface area contributed by atoms with Crippen LogP contribution in [0.3, 0.4) is 0 Å². The molecule has 1 atom stereocenters. The van der Waals surface area contributed by atoms with Gasteiger partial charge >= 0.3 is 0 Å². The summed E-state index contributed by atoms with van der Waals surface area (Å²) in [5, 5.41) is 13.6. The molecule has 0 radical (unpaired) electrons. The predicted octanol–water partition coefficient (Wildman–Crippen LogP) is 2.28. The molecule has 0 aliphatic rings. The van der Waals surface area contributed by atoms with Gasteiger partial charge < -0.3 is 5.11 Å². The van der Waals surface area contributed by atoms with Crippen LogP contribution in [0, 0.1) is 0 Å². The molecule has 1 aromatic rings. The minimum Gasteiger partial charge on any atom is -0.387 e. The number of aliphatic hydroxyl groups excluding tert-OH is 1. The van der Waals surface area contributed by atoms with Crippen LogP contribution in [0.15, 0.2) is 10.7 Å². The van der Waals surface area contributed by atoms with Gasteiger partial charge in [0.05, 0.1) is 22.5 Å². The van der Waals surface area contributed by atoms with Crippen LogP contribution in [0.2, 0.25) is 0 Å². The zero-order valence-corrected chi connectivity index (χ0v) is 9.04. The Bertz CT molecular complexity index is 268. The van der Waals surface area contributed by atoms with E-state index in [9.17, 15) is 5.11 Å². The van der Waals surface area contributed by atoms with E-state index in [1.54, 1.807) is 13.1 Å². The highest BCUT2D eigenvalue weighted by Crippen LogP contribution is 2.25. The number of hydrogen-bond donors (Lipinski definition) is 1. The summed E-state index contributed by atoms with van der Waals surface area (Å²) in [7, 11) is 0. The second kappa shape index (κ2) is 3.58. The first-order valence-corrected chi connectivity index (χ1v) is 4.74. The van der Waals surface area contributed by atoms with E-state index in [1.807, 2.05) is 18.5 Å². The van der Waals surface area contributed by atoms with Crippen molar-refractivity contribution in [1.29, 1.82) is 0 Å². The molecule has 68 valence electrons. The monoisotopic (exact) mass is 232 g/mol. The standard InChI is InChI=1S/C8H13BrN2O/c1-5(2)11-8(6(3)12)7(9)4-10-11/h4-6,12H,1-3H3. The van der Waals surface area contributed by atoms with Crippen LogP contribution in [0.4, 0.5) is 0 Å². The molecule has 0 aliphatic carbocycles. The van der Waals surface area contributed by atoms with Crippen LogP contribution in [0.1, 0.15) is 38.6 Å². The topological polar surface area (TPSA) is 38.1 Å². The molecule has 0 saturated heterocycles. The molecule has 0 spiro atoms. The van der Waals surface area contributed by atoms with Gasteiger partial charge in [0.25, 0.3) is 0 Å². The third-order valence-electron chi connectivity index (χ3n) is 1.67. The van der Waals surface area contributed by atoms with Crippen molar-refractivity contribution in [3.05, 3.63) is 16.4 Å². The summed E-state index contributed by atoms with van der Waals surface area (Å²) < 4.78 is 2.68. The maximum Gasteiger partial charge on any atom is 0.0940 e. The van der Waals surface area contributed by atoms with Crippen LogP contribution < -0.4 is 0 Å². The first-order chi connectivity index (χ1) is 5.54. The van der Waals surface area contributed by atoms with Gasteiger partial charge in [0.2, 0.25) is 0 Å². The van der Waals surface area contributed by atoms with E-state index in [-0.39, 0.29) is 6.04 Å². The molecule has 3 nitrogen and oxygen atoms in total. The van der Waals surface area contributed by atoms with Crippen molar-refractivity contribution in [3.8, 4) is 0 Å². The minimum absolute atomic E-state index is 0.279. The lowest BCUT2D eigenvalue weighted by atomic mass is 10.2. The van der Waals surface area contributed by atoms with E-state index in [0.717, 1.165) is 10.2 Å². The summed E-state index contributed by atoms with van der Waals surface area (Å²) >= 11 is 3.34. The van der Waals surface area contributed by atoms with Crippen molar-refractivity contribution < 1.29 is 5.11 Å². The van der Waals surface area contributed by atoms with E-state index in [2.05, 4.69) is 21.0 Å². The van der Waals surface area contributed by atoms with Crippen LogP contribution in [0.5, 0.6) is 0 Å². The number of hydrogen-bond acceptors (Lipinski definition) is 2. The van der Waals surface area contributed by atoms with Gasteiger partial charge in [-0.2, -0.15) is 5.10 Å². The average Bonchev–Trinajstić information content (AvgIpc) is 2.30. The highest BCUT2D eigenvalue weighted by atomic mass is 79.9. The van der Waals surface area contributed by atoms with Gasteiger partial charge in [-0.1, -0.05) is 0 Å². The number of nitrogens with zero attached hydrogens (tertiary/aromatic N) is 2. The number of halogens is 1. The largest absolute Gasteiger partial charge is 0.387 e. The molecule has 1 aromatic heterocycles. The zero-order chi connectivity index (χ0) is 9.30. The fourth-order valence-electron chi connectivity index (χ4n) is 1.15. The molecular formula is C8H13BrN2O. The van der Waals surface area contributed by atoms with Gasteiger partial charge in [0.1, 0.15) is 0 Å². The third kappa shape index (κ3) is 1.69. The molecule has 1 rings (SSSR count). The molecule has 4 heteroatoms. The first kappa shape index (κ1) is 9.74. The lowest BCUT2D eigenvalue weighted by molar-refractivity contribution is 0.184. The van der Waals surface area contributed by atoms with E-state index in [4.69, 9.17) is 0 Å². The van der Waals surface area contributed by atoms with Crippen molar-refractivity contribution in [2.45, 2.75) is 32.9 Å². The normalized spacial score (nSPS) is 13.8. The Morgan fingerprint density at radius 2 is 2.08 bits per heavy atom. The number of rotatable bonds is 2. The predicted molar refractivity (Wildman–Crippen MR) is 50.9 cm³/mol. The zero-order valence-electron chi connectivity index (χ0n) is 7.45. The van der Waals surface area contributed by atoms with Crippen molar-refractivity contribution in [3.63, 3.8) is 0 Å². The fraction of sp³-hybridized carbons (Fsp3) is 0.625. The van der Waals surface area contributed by atoms with Crippen LogP contribution in [0.25, 0.3) is 0 Å². The Kier molecular flexibility index (Phi) is 2.90. The molecule has 0 saturated carbocycles. The number of aliphatic hydroxyl groups is 1. The van der Waals surface area contributed by atoms with Gasteiger partial charge in [0, 0.05) is 6.04 Å². The quantitative estimate of drug-likeness (QED) is 0.850. The third-order valence-corrected chi connectivity index (χ3v) is 2.28. The van der Waals surface area contributed by atoms with Gasteiger partial charge in [-0.3, -0.25) is 4.68 Å². The summed E-state index contributed by atoms with van der Waals surface area (Å²) in [6.45, 7) is 5.80. The van der Waals surface area contributed by atoms with Crippen molar-refractivity contribution in [2.24, 2.45) is 0 Å². The molecule has 12 heavy (non-hydrogen) atoms. The van der Waals surface area contributed by atoms with Crippen molar-refractivity contribution >= 4 is 15.9 Å². The highest BCUT2D eigenvalue weighted by molar-refractivity contribution is 9.10. The van der Waals surface area contributed by atoms with Gasteiger partial charge in [-0.25, -0.2) is 0 Å². The molecule has 1 unspecified atom stereocenters. The van der Waals surface area contributed by atoms with Crippen molar-refractivity contribution in [1.82, 2.24) is 9.78 Å². The lowest BCUT2D eigenvalue weighted by Gasteiger charge is -2.12. The maximum atomic E-state index is 9.43. The van der Waals surface area contributed by atoms with Gasteiger partial charge in [0.15, 0.2) is 0 Å². The molecule has 0 fully saturated rings. The smallest absolute Gasteiger partial charge is 0.0940 e. The second-order valence-electron chi connectivity index (χ2n) is 3.09. The van der Waals surface area contributed by atoms with E-state index in [1.165, 1.54) is 0 Å². The first-order valence-electron chi connectivity index (χ1n) is 3.95. The Labute approximate surface area is 80.5 Å². The van der Waals surface area contributed by atoms with Crippen molar-refractivity contribution in [2.75, 3.05) is 0 Å². The number of aromatic nitrogens is 2. The summed E-state index contributed by atoms with van der Waals surface area (Å²) in [6.07, 6.45) is 1.23. The molecule has 1 heterocycles. The van der Waals surface area contributed by atoms with Crippen LogP contribution >= 0.6 is 15.9 Å². The van der Waals surface area contributed by atoms with E-state index in [0.29, 0.717) is 0 Å².